The lowest BCUT2D eigenvalue weighted by Gasteiger charge is -2.27. The molecule has 0 aliphatic heterocycles. The predicted octanol–water partition coefficient (Wildman–Crippen LogP) is 17.2. The number of fused-ring (bicyclic) bond motifs is 7. The van der Waals surface area contributed by atoms with Crippen molar-refractivity contribution in [2.45, 2.75) is 0 Å². The molecule has 0 N–H and O–H groups in total. The summed E-state index contributed by atoms with van der Waals surface area (Å²) in [5.74, 6) is 0. The van der Waals surface area contributed by atoms with E-state index in [1.807, 2.05) is 23.5 Å². The second-order valence-corrected chi connectivity index (χ2v) is 16.8. The molecule has 10 aromatic carbocycles. The highest BCUT2D eigenvalue weighted by Gasteiger charge is 2.20. The van der Waals surface area contributed by atoms with Crippen LogP contribution in [0.2, 0.25) is 0 Å². The van der Waals surface area contributed by atoms with E-state index in [-0.39, 0.29) is 0 Å². The first-order valence-corrected chi connectivity index (χ1v) is 21.5. The summed E-state index contributed by atoms with van der Waals surface area (Å²) in [6.07, 6.45) is 0. The maximum atomic E-state index is 6.44. The summed E-state index contributed by atoms with van der Waals surface area (Å²) in [4.78, 5) is 2.41. The maximum Gasteiger partial charge on any atom is 0.143 e. The fraction of sp³-hybridized carbons (Fsp3) is 0. The molecule has 0 fully saturated rings. The van der Waals surface area contributed by atoms with Gasteiger partial charge in [-0.2, -0.15) is 0 Å². The van der Waals surface area contributed by atoms with Crippen LogP contribution in [0.3, 0.4) is 0 Å². The van der Waals surface area contributed by atoms with Crippen molar-refractivity contribution >= 4 is 81.3 Å². The van der Waals surface area contributed by atoms with Gasteiger partial charge in [-0.05, 0) is 116 Å². The van der Waals surface area contributed by atoms with Crippen LogP contribution in [0.5, 0.6) is 0 Å². The molecular weight excluding hydrogens is 759 g/mol. The predicted molar refractivity (Wildman–Crippen MR) is 261 cm³/mol. The molecule has 0 spiro atoms. The number of rotatable bonds is 7. The minimum absolute atomic E-state index is 0.908. The average Bonchev–Trinajstić information content (AvgIpc) is 3.91. The Morgan fingerprint density at radius 1 is 0.344 bits per heavy atom. The topological polar surface area (TPSA) is 16.4 Å². The Hall–Kier alpha value is -7.72. The van der Waals surface area contributed by atoms with Crippen molar-refractivity contribution in [3.63, 3.8) is 0 Å². The summed E-state index contributed by atoms with van der Waals surface area (Å²) in [5, 5.41) is 7.32. The Labute approximate surface area is 357 Å². The van der Waals surface area contributed by atoms with Crippen molar-refractivity contribution in [3.05, 3.63) is 224 Å². The first kappa shape index (κ1) is 35.2. The van der Waals surface area contributed by atoms with Crippen LogP contribution in [0.4, 0.5) is 17.1 Å². The van der Waals surface area contributed by atoms with Gasteiger partial charge in [-0.15, -0.1) is 11.3 Å². The molecule has 0 amide bonds. The molecule has 12 aromatic rings. The number of anilines is 3. The van der Waals surface area contributed by atoms with Gasteiger partial charge in [0.05, 0.1) is 5.69 Å². The summed E-state index contributed by atoms with van der Waals surface area (Å²) in [5.41, 5.74) is 14.6. The van der Waals surface area contributed by atoms with Crippen LogP contribution in [0.15, 0.2) is 229 Å². The molecule has 0 saturated carbocycles. The highest BCUT2D eigenvalue weighted by atomic mass is 32.1. The molecule has 0 unspecified atom stereocenters. The van der Waals surface area contributed by atoms with E-state index < -0.39 is 0 Å². The summed E-state index contributed by atoms with van der Waals surface area (Å²) in [7, 11) is 0. The lowest BCUT2D eigenvalue weighted by molar-refractivity contribution is 0.670. The Morgan fingerprint density at radius 3 is 1.64 bits per heavy atom. The number of para-hydroxylation sites is 2. The van der Waals surface area contributed by atoms with Crippen molar-refractivity contribution in [1.29, 1.82) is 0 Å². The van der Waals surface area contributed by atoms with Crippen LogP contribution in [0, 0.1) is 0 Å². The Kier molecular flexibility index (Phi) is 8.39. The minimum atomic E-state index is 0.908. The van der Waals surface area contributed by atoms with E-state index >= 15 is 0 Å². The zero-order valence-electron chi connectivity index (χ0n) is 33.1. The van der Waals surface area contributed by atoms with Gasteiger partial charge in [-0.25, -0.2) is 0 Å². The van der Waals surface area contributed by atoms with Gasteiger partial charge in [-0.1, -0.05) is 158 Å². The van der Waals surface area contributed by atoms with Gasteiger partial charge < -0.3 is 9.32 Å². The molecule has 61 heavy (non-hydrogen) atoms. The quantitative estimate of drug-likeness (QED) is 0.160. The second-order valence-electron chi connectivity index (χ2n) is 15.7. The molecule has 0 bridgehead atoms. The molecule has 0 atom stereocenters. The van der Waals surface area contributed by atoms with Crippen LogP contribution >= 0.6 is 11.3 Å². The van der Waals surface area contributed by atoms with Gasteiger partial charge in [0, 0.05) is 47.9 Å². The third-order valence-corrected chi connectivity index (χ3v) is 13.2. The lowest BCUT2D eigenvalue weighted by Crippen LogP contribution is -2.10. The number of hydrogen-bond acceptors (Lipinski definition) is 3. The van der Waals surface area contributed by atoms with E-state index in [0.29, 0.717) is 0 Å². The van der Waals surface area contributed by atoms with Crippen molar-refractivity contribution in [3.8, 4) is 44.5 Å². The van der Waals surface area contributed by atoms with Crippen LogP contribution in [-0.4, -0.2) is 0 Å². The molecular formula is C58H37NOS. The zero-order chi connectivity index (χ0) is 40.3. The number of furan rings is 1. The Morgan fingerprint density at radius 2 is 0.885 bits per heavy atom. The van der Waals surface area contributed by atoms with Gasteiger partial charge in [0.2, 0.25) is 0 Å². The minimum Gasteiger partial charge on any atom is -0.455 e. The van der Waals surface area contributed by atoms with Gasteiger partial charge in [0.15, 0.2) is 0 Å². The molecule has 0 aliphatic rings. The second kappa shape index (κ2) is 14.5. The molecule has 2 nitrogen and oxygen atoms in total. The Bertz CT molecular complexity index is 3590. The van der Waals surface area contributed by atoms with Crippen LogP contribution in [0.25, 0.3) is 97.4 Å². The summed E-state index contributed by atoms with van der Waals surface area (Å²) >= 11 is 1.85. The molecule has 2 heterocycles. The van der Waals surface area contributed by atoms with E-state index in [1.165, 1.54) is 64.3 Å². The van der Waals surface area contributed by atoms with Gasteiger partial charge in [-0.3, -0.25) is 0 Å². The van der Waals surface area contributed by atoms with E-state index in [0.717, 1.165) is 50.1 Å². The number of hydrogen-bond donors (Lipinski definition) is 0. The largest absolute Gasteiger partial charge is 0.455 e. The zero-order valence-corrected chi connectivity index (χ0v) is 33.9. The summed E-state index contributed by atoms with van der Waals surface area (Å²) < 4.78 is 9.00. The smallest absolute Gasteiger partial charge is 0.143 e. The Balaban J connectivity index is 0.924. The standard InChI is InChI=1S/C58H37NOS/c1-2-12-41-36-46(26-25-38(41)11-1)45-16-8-15-44(37-45)43-14-7-13-42(35-43)39-27-31-47(32-28-39)59(53-21-10-24-56-57(53)52-18-4-6-23-55(52)61-56)48-33-29-40(30-34-48)49-19-9-20-51-50-17-3-5-22-54(50)60-58(49)51/h1-37H. The fourth-order valence-corrected chi connectivity index (χ4v) is 10.2. The van der Waals surface area contributed by atoms with E-state index in [2.05, 4.69) is 217 Å². The molecule has 12 rings (SSSR count). The van der Waals surface area contributed by atoms with Crippen molar-refractivity contribution in [1.82, 2.24) is 0 Å². The van der Waals surface area contributed by atoms with Crippen molar-refractivity contribution in [2.75, 3.05) is 4.90 Å². The number of nitrogens with zero attached hydrogens (tertiary/aromatic N) is 1. The van der Waals surface area contributed by atoms with E-state index in [4.69, 9.17) is 4.42 Å². The van der Waals surface area contributed by atoms with E-state index in [9.17, 15) is 0 Å². The number of thiophene rings is 1. The number of benzene rings is 10. The van der Waals surface area contributed by atoms with Gasteiger partial charge in [0.1, 0.15) is 11.2 Å². The monoisotopic (exact) mass is 795 g/mol. The molecule has 2 aromatic heterocycles. The third kappa shape index (κ3) is 6.18. The maximum absolute atomic E-state index is 6.44. The average molecular weight is 796 g/mol. The summed E-state index contributed by atoms with van der Waals surface area (Å²) in [6.45, 7) is 0. The van der Waals surface area contributed by atoms with Crippen molar-refractivity contribution in [2.24, 2.45) is 0 Å². The fourth-order valence-electron chi connectivity index (χ4n) is 9.06. The van der Waals surface area contributed by atoms with Crippen LogP contribution in [0.1, 0.15) is 0 Å². The van der Waals surface area contributed by atoms with Gasteiger partial charge in [0.25, 0.3) is 0 Å². The molecule has 286 valence electrons. The van der Waals surface area contributed by atoms with Gasteiger partial charge >= 0.3 is 0 Å². The van der Waals surface area contributed by atoms with Crippen LogP contribution in [-0.2, 0) is 0 Å². The molecule has 3 heteroatoms. The molecule has 0 aliphatic carbocycles. The highest BCUT2D eigenvalue weighted by molar-refractivity contribution is 7.26. The summed E-state index contributed by atoms with van der Waals surface area (Å²) in [6, 6.07) is 81.2. The van der Waals surface area contributed by atoms with E-state index in [1.54, 1.807) is 0 Å². The SMILES string of the molecule is c1cc(-c2ccc(N(c3ccc(-c4cccc5c4oc4ccccc45)cc3)c3cccc4sc5ccccc5c34)cc2)cc(-c2cccc(-c3ccc4ccccc4c3)c2)c1. The highest BCUT2D eigenvalue weighted by Crippen LogP contribution is 2.46. The lowest BCUT2D eigenvalue weighted by atomic mass is 9.95. The molecule has 0 saturated heterocycles. The van der Waals surface area contributed by atoms with Crippen molar-refractivity contribution < 1.29 is 4.42 Å². The normalized spacial score (nSPS) is 11.6. The first-order chi connectivity index (χ1) is 30.2. The van der Waals surface area contributed by atoms with Crippen LogP contribution < -0.4 is 4.90 Å². The molecule has 0 radical (unpaired) electrons. The third-order valence-electron chi connectivity index (χ3n) is 12.1. The first-order valence-electron chi connectivity index (χ1n) is 20.7.